The van der Waals surface area contributed by atoms with Crippen molar-refractivity contribution in [2.24, 2.45) is 0 Å². The van der Waals surface area contributed by atoms with Crippen LogP contribution in [-0.2, 0) is 0 Å². The summed E-state index contributed by atoms with van der Waals surface area (Å²) in [7, 11) is 1.52. The predicted molar refractivity (Wildman–Crippen MR) is 118 cm³/mol. The number of rotatable bonds is 4. The first kappa shape index (κ1) is 19.8. The standard InChI is InChI=1S/C22H20N4O3S/c1-12-20(30-14(3)23-12)21(27)25-18-10-9-15(11-19(18)29-4)26-13(2)24-17-8-6-5-7-16(17)22(26)28/h5-11H,1-4H3,(H,25,27). The molecule has 0 aliphatic carbocycles. The third-order valence-electron chi connectivity index (χ3n) is 4.74. The molecule has 1 N–H and O–H groups in total. The summed E-state index contributed by atoms with van der Waals surface area (Å²) in [5, 5.41) is 4.24. The first-order valence-corrected chi connectivity index (χ1v) is 10.1. The monoisotopic (exact) mass is 420 g/mol. The molecule has 4 rings (SSSR count). The fourth-order valence-corrected chi connectivity index (χ4v) is 4.21. The van der Waals surface area contributed by atoms with Crippen LogP contribution in [0.15, 0.2) is 47.3 Å². The van der Waals surface area contributed by atoms with Gasteiger partial charge in [0.15, 0.2) is 0 Å². The van der Waals surface area contributed by atoms with Gasteiger partial charge in [-0.05, 0) is 45.0 Å². The molecule has 0 saturated heterocycles. The Bertz CT molecular complexity index is 1340. The maximum Gasteiger partial charge on any atom is 0.267 e. The molecular weight excluding hydrogens is 400 g/mol. The zero-order valence-corrected chi connectivity index (χ0v) is 17.8. The molecule has 2 heterocycles. The summed E-state index contributed by atoms with van der Waals surface area (Å²) in [6.45, 7) is 5.45. The van der Waals surface area contributed by atoms with Crippen molar-refractivity contribution in [2.45, 2.75) is 20.8 Å². The second kappa shape index (κ2) is 7.72. The van der Waals surface area contributed by atoms with Crippen LogP contribution in [0.3, 0.4) is 0 Å². The van der Waals surface area contributed by atoms with Gasteiger partial charge in [0.25, 0.3) is 11.5 Å². The number of hydrogen-bond donors (Lipinski definition) is 1. The van der Waals surface area contributed by atoms with Crippen LogP contribution in [0.5, 0.6) is 5.75 Å². The van der Waals surface area contributed by atoms with Crippen molar-refractivity contribution in [3.8, 4) is 11.4 Å². The van der Waals surface area contributed by atoms with E-state index in [1.165, 1.54) is 23.0 Å². The Kier molecular flexibility index (Phi) is 5.09. The maximum absolute atomic E-state index is 13.0. The van der Waals surface area contributed by atoms with Crippen LogP contribution in [0.2, 0.25) is 0 Å². The molecule has 0 atom stereocenters. The van der Waals surface area contributed by atoms with Crippen LogP contribution in [0.4, 0.5) is 5.69 Å². The molecule has 30 heavy (non-hydrogen) atoms. The highest BCUT2D eigenvalue weighted by molar-refractivity contribution is 7.13. The molecule has 0 fully saturated rings. The smallest absolute Gasteiger partial charge is 0.267 e. The van der Waals surface area contributed by atoms with Crippen molar-refractivity contribution in [3.63, 3.8) is 0 Å². The number of aryl methyl sites for hydroxylation is 3. The predicted octanol–water partition coefficient (Wildman–Crippen LogP) is 4.03. The normalized spacial score (nSPS) is 10.9. The average Bonchev–Trinajstić information content (AvgIpc) is 3.07. The second-order valence-electron chi connectivity index (χ2n) is 6.80. The van der Waals surface area contributed by atoms with Gasteiger partial charge < -0.3 is 10.1 Å². The van der Waals surface area contributed by atoms with Crippen molar-refractivity contribution in [2.75, 3.05) is 12.4 Å². The SMILES string of the molecule is COc1cc(-n2c(C)nc3ccccc3c2=O)ccc1NC(=O)c1sc(C)nc1C. The molecule has 152 valence electrons. The summed E-state index contributed by atoms with van der Waals surface area (Å²) in [4.78, 5) is 35.1. The Morgan fingerprint density at radius 2 is 1.87 bits per heavy atom. The number of thiazole rings is 1. The first-order chi connectivity index (χ1) is 14.4. The Morgan fingerprint density at radius 3 is 2.57 bits per heavy atom. The fourth-order valence-electron chi connectivity index (χ4n) is 3.39. The van der Waals surface area contributed by atoms with E-state index in [9.17, 15) is 9.59 Å². The highest BCUT2D eigenvalue weighted by Gasteiger charge is 2.17. The van der Waals surface area contributed by atoms with E-state index in [2.05, 4.69) is 15.3 Å². The topological polar surface area (TPSA) is 86.1 Å². The Hall–Kier alpha value is -3.52. The van der Waals surface area contributed by atoms with Crippen LogP contribution in [-0.4, -0.2) is 27.6 Å². The van der Waals surface area contributed by atoms with Crippen molar-refractivity contribution >= 4 is 33.8 Å². The highest BCUT2D eigenvalue weighted by Crippen LogP contribution is 2.29. The van der Waals surface area contributed by atoms with E-state index in [0.29, 0.717) is 44.4 Å². The number of fused-ring (bicyclic) bond motifs is 1. The summed E-state index contributed by atoms with van der Waals surface area (Å²) in [6.07, 6.45) is 0. The summed E-state index contributed by atoms with van der Waals surface area (Å²) in [6, 6.07) is 12.4. The van der Waals surface area contributed by atoms with E-state index in [1.54, 1.807) is 38.1 Å². The van der Waals surface area contributed by atoms with Gasteiger partial charge in [0.05, 0.1) is 40.1 Å². The van der Waals surface area contributed by atoms with Gasteiger partial charge >= 0.3 is 0 Å². The molecule has 0 radical (unpaired) electrons. The quantitative estimate of drug-likeness (QED) is 0.539. The molecule has 0 spiro atoms. The number of ether oxygens (including phenoxy) is 1. The zero-order valence-electron chi connectivity index (χ0n) is 17.0. The molecule has 0 unspecified atom stereocenters. The summed E-state index contributed by atoms with van der Waals surface area (Å²) >= 11 is 1.34. The van der Waals surface area contributed by atoms with Gasteiger partial charge in [-0.25, -0.2) is 9.97 Å². The third kappa shape index (κ3) is 3.46. The third-order valence-corrected chi connectivity index (χ3v) is 5.82. The molecule has 0 bridgehead atoms. The molecule has 0 aliphatic heterocycles. The summed E-state index contributed by atoms with van der Waals surface area (Å²) in [5.41, 5.74) is 2.30. The van der Waals surface area contributed by atoms with E-state index >= 15 is 0 Å². The molecular formula is C22H20N4O3S. The van der Waals surface area contributed by atoms with Gasteiger partial charge in [0.2, 0.25) is 0 Å². The number of nitrogens with one attached hydrogen (secondary N) is 1. The first-order valence-electron chi connectivity index (χ1n) is 9.31. The van der Waals surface area contributed by atoms with Crippen LogP contribution < -0.4 is 15.6 Å². The molecule has 8 heteroatoms. The van der Waals surface area contributed by atoms with E-state index in [1.807, 2.05) is 25.1 Å². The number of carbonyl (C=O) groups is 1. The number of aromatic nitrogens is 3. The lowest BCUT2D eigenvalue weighted by atomic mass is 10.2. The highest BCUT2D eigenvalue weighted by atomic mass is 32.1. The fraction of sp³-hybridized carbons (Fsp3) is 0.182. The Balaban J connectivity index is 1.75. The van der Waals surface area contributed by atoms with Crippen molar-refractivity contribution in [1.82, 2.24) is 14.5 Å². The molecule has 0 aliphatic rings. The van der Waals surface area contributed by atoms with Gasteiger partial charge in [-0.3, -0.25) is 14.2 Å². The lowest BCUT2D eigenvalue weighted by Crippen LogP contribution is -2.22. The number of anilines is 1. The Labute approximate surface area is 177 Å². The second-order valence-corrected chi connectivity index (χ2v) is 8.01. The number of amides is 1. The lowest BCUT2D eigenvalue weighted by Gasteiger charge is -2.15. The van der Waals surface area contributed by atoms with E-state index in [-0.39, 0.29) is 11.5 Å². The Morgan fingerprint density at radius 1 is 1.10 bits per heavy atom. The van der Waals surface area contributed by atoms with Gasteiger partial charge in [-0.2, -0.15) is 0 Å². The van der Waals surface area contributed by atoms with Gasteiger partial charge in [-0.1, -0.05) is 12.1 Å². The number of hydrogen-bond acceptors (Lipinski definition) is 6. The minimum absolute atomic E-state index is 0.160. The van der Waals surface area contributed by atoms with Crippen LogP contribution in [0.1, 0.15) is 26.2 Å². The van der Waals surface area contributed by atoms with Crippen molar-refractivity contribution < 1.29 is 9.53 Å². The van der Waals surface area contributed by atoms with Gasteiger partial charge in [0.1, 0.15) is 16.5 Å². The molecule has 1 amide bonds. The van der Waals surface area contributed by atoms with Crippen molar-refractivity contribution in [1.29, 1.82) is 0 Å². The van der Waals surface area contributed by atoms with Crippen LogP contribution >= 0.6 is 11.3 Å². The number of nitrogens with zero attached hydrogens (tertiary/aromatic N) is 3. The summed E-state index contributed by atoms with van der Waals surface area (Å²) < 4.78 is 7.02. The number of methoxy groups -OCH3 is 1. The number of carbonyl (C=O) groups excluding carboxylic acids is 1. The molecule has 4 aromatic rings. The number of para-hydroxylation sites is 1. The van der Waals surface area contributed by atoms with Crippen LogP contribution in [0, 0.1) is 20.8 Å². The average molecular weight is 420 g/mol. The minimum atomic E-state index is -0.245. The summed E-state index contributed by atoms with van der Waals surface area (Å²) in [5.74, 6) is 0.761. The van der Waals surface area contributed by atoms with E-state index in [0.717, 1.165) is 5.01 Å². The molecule has 2 aromatic heterocycles. The lowest BCUT2D eigenvalue weighted by molar-refractivity contribution is 0.102. The molecule has 7 nitrogen and oxygen atoms in total. The molecule has 2 aromatic carbocycles. The van der Waals surface area contributed by atoms with E-state index in [4.69, 9.17) is 4.74 Å². The number of benzene rings is 2. The maximum atomic E-state index is 13.0. The zero-order chi connectivity index (χ0) is 21.4. The largest absolute Gasteiger partial charge is 0.494 e. The van der Waals surface area contributed by atoms with Gasteiger partial charge in [-0.15, -0.1) is 11.3 Å². The van der Waals surface area contributed by atoms with E-state index < -0.39 is 0 Å². The molecule has 0 saturated carbocycles. The van der Waals surface area contributed by atoms with Crippen molar-refractivity contribution in [3.05, 3.63) is 74.2 Å². The minimum Gasteiger partial charge on any atom is -0.494 e. The van der Waals surface area contributed by atoms with Gasteiger partial charge in [0, 0.05) is 6.07 Å². The van der Waals surface area contributed by atoms with Crippen LogP contribution in [0.25, 0.3) is 16.6 Å².